The monoisotopic (exact) mass is 321 g/mol. The Morgan fingerprint density at radius 1 is 1.42 bits per heavy atom. The fourth-order valence-corrected chi connectivity index (χ4v) is 1.34. The molecule has 0 spiro atoms. The number of hydrogen-bond donors (Lipinski definition) is 1. The van der Waals surface area contributed by atoms with Crippen molar-refractivity contribution in [2.24, 2.45) is 0 Å². The molecule has 7 heteroatoms. The van der Waals surface area contributed by atoms with Gasteiger partial charge >= 0.3 is 11.9 Å². The van der Waals surface area contributed by atoms with Gasteiger partial charge in [0.2, 0.25) is 0 Å². The van der Waals surface area contributed by atoms with Crippen LogP contribution in [0.3, 0.4) is 0 Å². The molecule has 0 aliphatic carbocycles. The summed E-state index contributed by atoms with van der Waals surface area (Å²) in [6.45, 7) is 3.41. The normalized spacial score (nSPS) is 20.1. The summed E-state index contributed by atoms with van der Waals surface area (Å²) in [7, 11) is 0. The zero-order chi connectivity index (χ0) is 7.94. The second-order valence-corrected chi connectivity index (χ2v) is 3.50. The second-order valence-electron chi connectivity index (χ2n) is 2.79. The average molecular weight is 323 g/mol. The van der Waals surface area contributed by atoms with Gasteiger partial charge in [-0.15, -0.1) is 0 Å². The molecule has 4 nitrogen and oxygen atoms in total. The molecule has 1 saturated heterocycles. The predicted octanol–water partition coefficient (Wildman–Crippen LogP) is -6.39. The molecule has 72 valence electrons. The lowest BCUT2D eigenvalue weighted by Gasteiger charge is -2.06. The van der Waals surface area contributed by atoms with Crippen molar-refractivity contribution in [3.05, 3.63) is 0 Å². The highest BCUT2D eigenvalue weighted by Gasteiger charge is 2.48. The van der Waals surface area contributed by atoms with Crippen LogP contribution in [0.15, 0.2) is 0 Å². The maximum atomic E-state index is 11.1. The maximum Gasteiger partial charge on any atom is 0.433 e. The van der Waals surface area contributed by atoms with Gasteiger partial charge in [0.25, 0.3) is 0 Å². The van der Waals surface area contributed by atoms with Crippen LogP contribution in [-0.4, -0.2) is 21.4 Å². The minimum Gasteiger partial charge on any atom is -1.00 e. The smallest absolute Gasteiger partial charge is 0.433 e. The van der Waals surface area contributed by atoms with E-state index in [1.165, 1.54) is 5.32 Å². The third-order valence-electron chi connectivity index (χ3n) is 1.41. The number of hydrogen-bond acceptors (Lipinski definition) is 2. The Hall–Kier alpha value is 0.350. The van der Waals surface area contributed by atoms with E-state index in [1.807, 2.05) is 0 Å². The summed E-state index contributed by atoms with van der Waals surface area (Å²) in [5, 5.41) is 1.39. The van der Waals surface area contributed by atoms with Crippen molar-refractivity contribution in [3.63, 3.8) is 0 Å². The van der Waals surface area contributed by atoms with Crippen molar-refractivity contribution < 1.29 is 44.3 Å². The van der Waals surface area contributed by atoms with Crippen molar-refractivity contribution in [3.8, 4) is 0 Å². The van der Waals surface area contributed by atoms with Gasteiger partial charge < -0.3 is 29.4 Å². The molecule has 1 aliphatic rings. The lowest BCUT2D eigenvalue weighted by Crippen LogP contribution is -3.00. The average Bonchev–Trinajstić information content (AvgIpc) is 1.95. The van der Waals surface area contributed by atoms with Crippen molar-refractivity contribution in [2.45, 2.75) is 19.4 Å². The minimum absolute atomic E-state index is 0. The molecule has 0 aromatic heterocycles. The Bertz CT molecular complexity index is 210. The van der Waals surface area contributed by atoms with E-state index < -0.39 is 5.54 Å². The van der Waals surface area contributed by atoms with E-state index in [4.69, 9.17) is 0 Å². The lowest BCUT2D eigenvalue weighted by atomic mass is 10.1. The first-order valence-electron chi connectivity index (χ1n) is 2.85. The Labute approximate surface area is 95.6 Å². The van der Waals surface area contributed by atoms with Crippen molar-refractivity contribution in [1.29, 1.82) is 0 Å². The first-order valence-corrected chi connectivity index (χ1v) is 3.56. The van der Waals surface area contributed by atoms with Crippen LogP contribution in [0.5, 0.6) is 0 Å². The second kappa shape index (κ2) is 4.55. The van der Waals surface area contributed by atoms with Crippen LogP contribution in [0.25, 0.3) is 0 Å². The molecule has 0 unspecified atom stereocenters. The molecular formula is C5H8Br2ClN2O2-. The van der Waals surface area contributed by atoms with Crippen molar-refractivity contribution in [2.75, 3.05) is 0 Å². The summed E-state index contributed by atoms with van der Waals surface area (Å²) >= 11 is 2.85. The number of rotatable bonds is 0. The van der Waals surface area contributed by atoms with Crippen molar-refractivity contribution in [1.82, 2.24) is 3.93 Å². The van der Waals surface area contributed by atoms with E-state index >= 15 is 0 Å². The van der Waals surface area contributed by atoms with Crippen molar-refractivity contribution >= 4 is 28.1 Å². The molecule has 0 aromatic carbocycles. The summed E-state index contributed by atoms with van der Waals surface area (Å²) < 4.78 is 0.951. The molecule has 1 rings (SSSR count). The first kappa shape index (κ1) is 14.9. The number of nitrogens with two attached hydrogens (primary N) is 1. The van der Waals surface area contributed by atoms with Gasteiger partial charge in [-0.3, -0.25) is 4.79 Å². The fraction of sp³-hybridized carbons (Fsp3) is 0.600. The first-order chi connectivity index (χ1) is 4.45. The number of carbonyl (C=O) groups is 2. The zero-order valence-corrected chi connectivity index (χ0v) is 10.4. The summed E-state index contributed by atoms with van der Waals surface area (Å²) in [5.74, 6) is -0.211. The van der Waals surface area contributed by atoms with E-state index in [1.54, 1.807) is 13.8 Å². The largest absolute Gasteiger partial charge is 1.00 e. The Morgan fingerprint density at radius 3 is 1.92 bits per heavy atom. The van der Waals surface area contributed by atoms with Crippen LogP contribution < -0.4 is 34.7 Å². The third-order valence-corrected chi connectivity index (χ3v) is 2.08. The van der Waals surface area contributed by atoms with E-state index in [9.17, 15) is 9.59 Å². The zero-order valence-electron chi connectivity index (χ0n) is 6.47. The predicted molar refractivity (Wildman–Crippen MR) is 37.2 cm³/mol. The number of imide groups is 1. The molecule has 0 atom stereocenters. The maximum absolute atomic E-state index is 11.1. The van der Waals surface area contributed by atoms with Gasteiger partial charge in [-0.1, -0.05) is 0 Å². The lowest BCUT2D eigenvalue weighted by molar-refractivity contribution is -0.604. The molecule has 1 fully saturated rings. The summed E-state index contributed by atoms with van der Waals surface area (Å²) in [4.78, 5) is 21.9. The van der Waals surface area contributed by atoms with Gasteiger partial charge in [0, 0.05) is 13.8 Å². The van der Waals surface area contributed by atoms with Crippen LogP contribution in [0.1, 0.15) is 13.8 Å². The molecule has 3 amide bonds. The standard InChI is InChI=1S/C5H7BrN2O2.BrH.ClH/c1-5(2)3(9)8(6)4(10)7-5;;/h1-2H3,(H,7,10);2*1H/p-1. The molecule has 0 bridgehead atoms. The molecule has 0 aromatic rings. The third kappa shape index (κ3) is 2.42. The minimum atomic E-state index is -0.638. The van der Waals surface area contributed by atoms with Gasteiger partial charge in [-0.05, 0) is 0 Å². The molecule has 1 aliphatic heterocycles. The highest BCUT2D eigenvalue weighted by atomic mass is 79.9. The Morgan fingerprint density at radius 2 is 1.83 bits per heavy atom. The van der Waals surface area contributed by atoms with Gasteiger partial charge in [-0.2, -0.15) is 3.93 Å². The topological polar surface area (TPSA) is 54.0 Å². The van der Waals surface area contributed by atoms with E-state index in [0.29, 0.717) is 0 Å². The SMILES string of the molecule is CC1(C)[NH2+]C(=O)N(Br)C1=O.[Br-].[Cl-]. The number of quaternary nitrogens is 1. The van der Waals surface area contributed by atoms with E-state index in [2.05, 4.69) is 16.1 Å². The molecule has 0 radical (unpaired) electrons. The molecule has 0 saturated carbocycles. The molecule has 1 heterocycles. The quantitative estimate of drug-likeness (QED) is 0.356. The number of carbonyl (C=O) groups excluding carboxylic acids is 2. The van der Waals surface area contributed by atoms with Crippen LogP contribution in [0.2, 0.25) is 0 Å². The van der Waals surface area contributed by atoms with Gasteiger partial charge in [0.1, 0.15) is 0 Å². The Balaban J connectivity index is 0. The number of nitrogens with zero attached hydrogens (tertiary/aromatic N) is 1. The molecular weight excluding hydrogens is 315 g/mol. The van der Waals surface area contributed by atoms with Gasteiger partial charge in [-0.25, -0.2) is 10.1 Å². The molecule has 2 N–H and O–H groups in total. The highest BCUT2D eigenvalue weighted by molar-refractivity contribution is 9.08. The summed E-state index contributed by atoms with van der Waals surface area (Å²) in [6, 6.07) is -0.282. The number of urea groups is 1. The highest BCUT2D eigenvalue weighted by Crippen LogP contribution is 2.12. The summed E-state index contributed by atoms with van der Waals surface area (Å²) in [5.41, 5.74) is -0.638. The van der Waals surface area contributed by atoms with Gasteiger partial charge in [0.15, 0.2) is 5.54 Å². The number of amides is 3. The number of primary amides is 1. The fourth-order valence-electron chi connectivity index (χ4n) is 0.780. The van der Waals surface area contributed by atoms with Crippen LogP contribution >= 0.6 is 16.1 Å². The Kier molecular flexibility index (Phi) is 5.63. The molecule has 12 heavy (non-hydrogen) atoms. The van der Waals surface area contributed by atoms with Gasteiger partial charge in [0.05, 0.1) is 16.1 Å². The van der Waals surface area contributed by atoms with E-state index in [0.717, 1.165) is 3.93 Å². The number of halogens is 3. The van der Waals surface area contributed by atoms with Crippen LogP contribution in [0, 0.1) is 0 Å². The van der Waals surface area contributed by atoms with Crippen LogP contribution in [-0.2, 0) is 4.79 Å². The summed E-state index contributed by atoms with van der Waals surface area (Å²) in [6.07, 6.45) is 0. The van der Waals surface area contributed by atoms with E-state index in [-0.39, 0.29) is 41.3 Å². The van der Waals surface area contributed by atoms with Crippen LogP contribution in [0.4, 0.5) is 4.79 Å².